The summed E-state index contributed by atoms with van der Waals surface area (Å²) in [5, 5.41) is 0. The van der Waals surface area contributed by atoms with Gasteiger partial charge >= 0.3 is 78.2 Å². The molecule has 0 N–H and O–H groups in total. The van der Waals surface area contributed by atoms with E-state index in [1.165, 1.54) is 0 Å². The Kier molecular flexibility index (Phi) is 1.95. The first-order valence-electron chi connectivity index (χ1n) is 3.47. The Hall–Kier alpha value is -0.730. The Morgan fingerprint density at radius 2 is 2.25 bits per heavy atom. The summed E-state index contributed by atoms with van der Waals surface area (Å²) in [5.41, 5.74) is 0.909. The number of halogens is 1. The van der Waals surface area contributed by atoms with Gasteiger partial charge in [0.05, 0.1) is 0 Å². The number of benzene rings is 1. The van der Waals surface area contributed by atoms with Crippen molar-refractivity contribution in [2.45, 2.75) is 6.10 Å². The van der Waals surface area contributed by atoms with Crippen molar-refractivity contribution >= 4 is 20.2 Å². The maximum atomic E-state index is 11.4. The Bertz CT molecular complexity index is 378. The third kappa shape index (κ3) is 1.08. The van der Waals surface area contributed by atoms with E-state index in [-0.39, 0.29) is 6.10 Å². The fourth-order valence-corrected chi connectivity index (χ4v) is 4.00. The number of hydrogen-bond acceptors (Lipinski definition) is 2. The molecule has 12 heavy (non-hydrogen) atoms. The minimum atomic E-state index is -2.71. The monoisotopic (exact) mass is 274 g/mol. The molecule has 1 aliphatic rings. The van der Waals surface area contributed by atoms with Gasteiger partial charge in [0.1, 0.15) is 0 Å². The fraction of sp³-hybridized carbons (Fsp3) is 0.111. The molecule has 2 atom stereocenters. The molecule has 1 aromatic carbocycles. The maximum absolute atomic E-state index is 11.4. The summed E-state index contributed by atoms with van der Waals surface area (Å²) in [5.74, 6) is 2.47. The zero-order chi connectivity index (χ0) is 8.55. The van der Waals surface area contributed by atoms with Gasteiger partial charge in [-0.25, -0.2) is 0 Å². The van der Waals surface area contributed by atoms with Crippen LogP contribution in [0.3, 0.4) is 0 Å². The SMILES string of the molecule is C#CC1O[IH](=O)c2ccccc21. The molecule has 0 saturated heterocycles. The zero-order valence-electron chi connectivity index (χ0n) is 6.19. The van der Waals surface area contributed by atoms with E-state index in [2.05, 4.69) is 5.92 Å². The molecular weight excluding hydrogens is 267 g/mol. The Morgan fingerprint density at radius 1 is 1.50 bits per heavy atom. The first kappa shape index (κ1) is 7.90. The van der Waals surface area contributed by atoms with Crippen LogP contribution in [0.2, 0.25) is 0 Å². The first-order valence-corrected chi connectivity index (χ1v) is 6.53. The van der Waals surface area contributed by atoms with Crippen LogP contribution in [0.4, 0.5) is 0 Å². The van der Waals surface area contributed by atoms with Crippen LogP contribution < -0.4 is 0 Å². The van der Waals surface area contributed by atoms with Crippen LogP contribution in [0.5, 0.6) is 0 Å². The molecule has 0 radical (unpaired) electrons. The van der Waals surface area contributed by atoms with Crippen LogP contribution in [0.1, 0.15) is 11.7 Å². The summed E-state index contributed by atoms with van der Waals surface area (Å²) in [6.07, 6.45) is 4.84. The fourth-order valence-electron chi connectivity index (χ4n) is 1.16. The van der Waals surface area contributed by atoms with Crippen LogP contribution in [-0.2, 0) is 6.14 Å². The summed E-state index contributed by atoms with van der Waals surface area (Å²) < 4.78 is 17.4. The average molecular weight is 274 g/mol. The molecule has 2 nitrogen and oxygen atoms in total. The number of hydrogen-bond donors (Lipinski definition) is 0. The Balaban J connectivity index is 2.59. The van der Waals surface area contributed by atoms with Crippen LogP contribution in [0.15, 0.2) is 24.3 Å². The van der Waals surface area contributed by atoms with Crippen molar-refractivity contribution in [1.82, 2.24) is 0 Å². The van der Waals surface area contributed by atoms with E-state index in [9.17, 15) is 3.07 Å². The second kappa shape index (κ2) is 2.96. The van der Waals surface area contributed by atoms with Crippen molar-refractivity contribution in [2.24, 2.45) is 0 Å². The van der Waals surface area contributed by atoms with Gasteiger partial charge in [0.2, 0.25) is 0 Å². The number of terminal acetylenes is 1. The molecule has 2 unspecified atom stereocenters. The number of rotatable bonds is 0. The van der Waals surface area contributed by atoms with Crippen molar-refractivity contribution in [3.05, 3.63) is 33.4 Å². The van der Waals surface area contributed by atoms with Gasteiger partial charge in [-0.15, -0.1) is 0 Å². The van der Waals surface area contributed by atoms with E-state index >= 15 is 0 Å². The molecule has 1 aromatic rings. The van der Waals surface area contributed by atoms with E-state index in [1.54, 1.807) is 0 Å². The second-order valence-corrected chi connectivity index (χ2v) is 5.56. The summed E-state index contributed by atoms with van der Waals surface area (Å²) in [6, 6.07) is 7.44. The van der Waals surface area contributed by atoms with Gasteiger partial charge in [-0.3, -0.25) is 0 Å². The summed E-state index contributed by atoms with van der Waals surface area (Å²) in [6.45, 7) is 0. The molecule has 1 heterocycles. The van der Waals surface area contributed by atoms with Gasteiger partial charge in [-0.1, -0.05) is 0 Å². The van der Waals surface area contributed by atoms with Gasteiger partial charge in [0.25, 0.3) is 0 Å². The topological polar surface area (TPSA) is 26.3 Å². The molecule has 2 rings (SSSR count). The van der Waals surface area contributed by atoms with Gasteiger partial charge in [0, 0.05) is 0 Å². The van der Waals surface area contributed by atoms with Crippen LogP contribution in [0, 0.1) is 15.9 Å². The minimum absolute atomic E-state index is 0.379. The van der Waals surface area contributed by atoms with E-state index < -0.39 is 20.2 Å². The second-order valence-electron chi connectivity index (χ2n) is 2.42. The molecule has 0 spiro atoms. The Morgan fingerprint density at radius 3 is 3.00 bits per heavy atom. The van der Waals surface area contributed by atoms with E-state index in [0.717, 1.165) is 9.13 Å². The summed E-state index contributed by atoms with van der Waals surface area (Å²) >= 11 is -2.71. The van der Waals surface area contributed by atoms with E-state index in [0.29, 0.717) is 0 Å². The molecule has 0 bridgehead atoms. The first-order chi connectivity index (χ1) is 5.83. The van der Waals surface area contributed by atoms with Gasteiger partial charge in [0.15, 0.2) is 0 Å². The predicted molar refractivity (Wildman–Crippen MR) is 53.9 cm³/mol. The van der Waals surface area contributed by atoms with Gasteiger partial charge < -0.3 is 0 Å². The van der Waals surface area contributed by atoms with Crippen molar-refractivity contribution in [3.8, 4) is 12.3 Å². The summed E-state index contributed by atoms with van der Waals surface area (Å²) in [4.78, 5) is 0. The molecule has 0 aromatic heterocycles. The standard InChI is InChI=1S/C9H7IO2/c1-2-9-7-5-3-4-6-8(7)10(11)12-9/h1,3-6,9-10H. The third-order valence-electron chi connectivity index (χ3n) is 1.72. The molecule has 0 aliphatic carbocycles. The van der Waals surface area contributed by atoms with Crippen molar-refractivity contribution in [2.75, 3.05) is 0 Å². The molecule has 62 valence electrons. The predicted octanol–water partition coefficient (Wildman–Crippen LogP) is 2.06. The van der Waals surface area contributed by atoms with Crippen LogP contribution in [0.25, 0.3) is 0 Å². The van der Waals surface area contributed by atoms with Gasteiger partial charge in [-0.05, 0) is 0 Å². The summed E-state index contributed by atoms with van der Waals surface area (Å²) in [7, 11) is 0. The van der Waals surface area contributed by atoms with E-state index in [1.807, 2.05) is 24.3 Å². The van der Waals surface area contributed by atoms with Crippen LogP contribution >= 0.6 is 20.2 Å². The number of fused-ring (bicyclic) bond motifs is 1. The third-order valence-corrected chi connectivity index (χ3v) is 4.85. The van der Waals surface area contributed by atoms with E-state index in [4.69, 9.17) is 9.49 Å². The van der Waals surface area contributed by atoms with Gasteiger partial charge in [-0.2, -0.15) is 0 Å². The van der Waals surface area contributed by atoms with Crippen molar-refractivity contribution < 1.29 is 6.14 Å². The molecule has 0 amide bonds. The Labute approximate surface area is 78.2 Å². The van der Waals surface area contributed by atoms with Crippen molar-refractivity contribution in [3.63, 3.8) is 0 Å². The zero-order valence-corrected chi connectivity index (χ0v) is 8.52. The average Bonchev–Trinajstić information content (AvgIpc) is 2.44. The molecule has 0 saturated carbocycles. The normalized spacial score (nSPS) is 29.2. The van der Waals surface area contributed by atoms with Crippen molar-refractivity contribution in [1.29, 1.82) is 0 Å². The molecule has 0 fully saturated rings. The molecular formula is C9H7IO2. The molecule has 1 aliphatic heterocycles. The van der Waals surface area contributed by atoms with Crippen LogP contribution in [-0.4, -0.2) is 0 Å². The quantitative estimate of drug-likeness (QED) is 0.534. The molecule has 3 heteroatoms.